The summed E-state index contributed by atoms with van der Waals surface area (Å²) in [6.45, 7) is -0.506. The molecule has 0 fully saturated rings. The lowest BCUT2D eigenvalue weighted by atomic mass is 10.2. The van der Waals surface area contributed by atoms with Crippen molar-refractivity contribution in [3.63, 3.8) is 0 Å². The third kappa shape index (κ3) is 3.07. The average Bonchev–Trinajstić information content (AvgIpc) is 2.41. The molecular formula is C12H9BrF3N3O2. The van der Waals surface area contributed by atoms with Crippen molar-refractivity contribution < 1.29 is 13.2 Å². The predicted molar refractivity (Wildman–Crippen MR) is 72.0 cm³/mol. The molecule has 0 aliphatic rings. The molecule has 0 aliphatic carbocycles. The standard InChI is InChI=1S/C12H9BrF3N3O2/c1-18-6-8(13)10(20)19(11(18)21)5-7-3-2-4-17-9(7)12(14,15)16/h2-4,6H,5H2,1H3. The fourth-order valence-electron chi connectivity index (χ4n) is 1.82. The van der Waals surface area contributed by atoms with Crippen LogP contribution in [0.25, 0.3) is 0 Å². The van der Waals surface area contributed by atoms with Crippen LogP contribution in [0.1, 0.15) is 11.3 Å². The van der Waals surface area contributed by atoms with Crippen molar-refractivity contribution >= 4 is 15.9 Å². The molecule has 21 heavy (non-hydrogen) atoms. The lowest BCUT2D eigenvalue weighted by Gasteiger charge is -2.13. The van der Waals surface area contributed by atoms with E-state index in [1.807, 2.05) is 0 Å². The van der Waals surface area contributed by atoms with E-state index in [1.165, 1.54) is 25.4 Å². The number of aromatic nitrogens is 3. The van der Waals surface area contributed by atoms with Crippen LogP contribution < -0.4 is 11.2 Å². The maximum Gasteiger partial charge on any atom is 0.433 e. The minimum atomic E-state index is -4.66. The van der Waals surface area contributed by atoms with Crippen LogP contribution in [0.15, 0.2) is 38.6 Å². The molecule has 0 atom stereocenters. The van der Waals surface area contributed by atoms with E-state index in [1.54, 1.807) is 0 Å². The van der Waals surface area contributed by atoms with E-state index in [0.717, 1.165) is 15.3 Å². The van der Waals surface area contributed by atoms with Gasteiger partial charge in [-0.05, 0) is 22.0 Å². The number of rotatable bonds is 2. The smallest absolute Gasteiger partial charge is 0.302 e. The van der Waals surface area contributed by atoms with Crippen molar-refractivity contribution in [2.45, 2.75) is 12.7 Å². The zero-order valence-corrected chi connectivity index (χ0v) is 12.3. The minimum absolute atomic E-state index is 0.0852. The first-order chi connectivity index (χ1) is 9.71. The molecule has 0 aromatic carbocycles. The quantitative estimate of drug-likeness (QED) is 0.816. The molecule has 0 radical (unpaired) electrons. The van der Waals surface area contributed by atoms with Gasteiger partial charge in [-0.1, -0.05) is 6.07 Å². The largest absolute Gasteiger partial charge is 0.433 e. The second-order valence-corrected chi connectivity index (χ2v) is 5.13. The van der Waals surface area contributed by atoms with Gasteiger partial charge in [0.2, 0.25) is 0 Å². The highest BCUT2D eigenvalue weighted by molar-refractivity contribution is 9.10. The van der Waals surface area contributed by atoms with Gasteiger partial charge in [-0.2, -0.15) is 13.2 Å². The summed E-state index contributed by atoms with van der Waals surface area (Å²) in [6, 6.07) is 2.50. The summed E-state index contributed by atoms with van der Waals surface area (Å²) in [6.07, 6.45) is -2.39. The summed E-state index contributed by atoms with van der Waals surface area (Å²) < 4.78 is 40.5. The van der Waals surface area contributed by atoms with Gasteiger partial charge in [-0.3, -0.25) is 14.3 Å². The van der Waals surface area contributed by atoms with Gasteiger partial charge in [-0.25, -0.2) is 4.79 Å². The molecular weight excluding hydrogens is 355 g/mol. The summed E-state index contributed by atoms with van der Waals surface area (Å²) >= 11 is 2.97. The first kappa shape index (κ1) is 15.5. The van der Waals surface area contributed by atoms with Gasteiger partial charge in [0.15, 0.2) is 0 Å². The predicted octanol–water partition coefficient (Wildman–Crippen LogP) is 1.77. The Morgan fingerprint density at radius 1 is 1.33 bits per heavy atom. The van der Waals surface area contributed by atoms with E-state index in [-0.39, 0.29) is 10.0 Å². The lowest BCUT2D eigenvalue weighted by molar-refractivity contribution is -0.141. The highest BCUT2D eigenvalue weighted by Crippen LogP contribution is 2.30. The number of aryl methyl sites for hydroxylation is 1. The first-order valence-corrected chi connectivity index (χ1v) is 6.48. The maximum atomic E-state index is 12.9. The Morgan fingerprint density at radius 3 is 2.62 bits per heavy atom. The monoisotopic (exact) mass is 363 g/mol. The maximum absolute atomic E-state index is 12.9. The fraction of sp³-hybridized carbons (Fsp3) is 0.250. The summed E-state index contributed by atoms with van der Waals surface area (Å²) in [4.78, 5) is 27.1. The SMILES string of the molecule is Cn1cc(Br)c(=O)n(Cc2cccnc2C(F)(F)F)c1=O. The molecule has 0 unspecified atom stereocenters. The van der Waals surface area contributed by atoms with Crippen molar-refractivity contribution in [3.05, 3.63) is 61.1 Å². The third-order valence-corrected chi connectivity index (χ3v) is 3.32. The molecule has 0 saturated carbocycles. The van der Waals surface area contributed by atoms with Gasteiger partial charge in [0, 0.05) is 25.0 Å². The Morgan fingerprint density at radius 2 is 2.00 bits per heavy atom. The van der Waals surface area contributed by atoms with Crippen LogP contribution in [0, 0.1) is 0 Å². The van der Waals surface area contributed by atoms with Gasteiger partial charge >= 0.3 is 11.9 Å². The van der Waals surface area contributed by atoms with Crippen LogP contribution in [-0.4, -0.2) is 14.1 Å². The highest BCUT2D eigenvalue weighted by Gasteiger charge is 2.35. The Balaban J connectivity index is 2.60. The molecule has 9 heteroatoms. The zero-order chi connectivity index (χ0) is 15.8. The number of hydrogen-bond donors (Lipinski definition) is 0. The number of hydrogen-bond acceptors (Lipinski definition) is 3. The van der Waals surface area contributed by atoms with Crippen LogP contribution >= 0.6 is 15.9 Å². The van der Waals surface area contributed by atoms with Crippen molar-refractivity contribution in [3.8, 4) is 0 Å². The first-order valence-electron chi connectivity index (χ1n) is 5.69. The number of halogens is 4. The van der Waals surface area contributed by atoms with Gasteiger partial charge < -0.3 is 4.57 Å². The second-order valence-electron chi connectivity index (χ2n) is 4.27. The average molecular weight is 364 g/mol. The summed E-state index contributed by atoms with van der Waals surface area (Å²) in [5.74, 6) is 0. The van der Waals surface area contributed by atoms with Gasteiger partial charge in [0.1, 0.15) is 5.69 Å². The highest BCUT2D eigenvalue weighted by atomic mass is 79.9. The summed E-state index contributed by atoms with van der Waals surface area (Å²) in [5, 5.41) is 0. The molecule has 0 amide bonds. The molecule has 0 N–H and O–H groups in total. The van der Waals surface area contributed by atoms with Crippen molar-refractivity contribution in [1.29, 1.82) is 0 Å². The van der Waals surface area contributed by atoms with E-state index < -0.39 is 29.7 Å². The van der Waals surface area contributed by atoms with Gasteiger partial charge in [-0.15, -0.1) is 0 Å². The summed E-state index contributed by atoms with van der Waals surface area (Å²) in [5.41, 5.74) is -2.77. The van der Waals surface area contributed by atoms with Crippen LogP contribution in [0.4, 0.5) is 13.2 Å². The lowest BCUT2D eigenvalue weighted by Crippen LogP contribution is -2.39. The molecule has 2 heterocycles. The fourth-order valence-corrected chi connectivity index (χ4v) is 2.34. The third-order valence-electron chi connectivity index (χ3n) is 2.78. The molecule has 0 bridgehead atoms. The Kier molecular flexibility index (Phi) is 4.04. The molecule has 2 aromatic rings. The van der Waals surface area contributed by atoms with E-state index in [4.69, 9.17) is 0 Å². The van der Waals surface area contributed by atoms with Gasteiger partial charge in [0.25, 0.3) is 5.56 Å². The Hall–Kier alpha value is -1.90. The Bertz CT molecular complexity index is 761. The molecule has 0 spiro atoms. The van der Waals surface area contributed by atoms with Gasteiger partial charge in [0.05, 0.1) is 11.0 Å². The normalized spacial score (nSPS) is 11.7. The topological polar surface area (TPSA) is 56.9 Å². The molecule has 2 aromatic heterocycles. The molecule has 0 aliphatic heterocycles. The molecule has 112 valence electrons. The molecule has 2 rings (SSSR count). The van der Waals surface area contributed by atoms with E-state index in [2.05, 4.69) is 20.9 Å². The zero-order valence-electron chi connectivity index (χ0n) is 10.7. The number of nitrogens with zero attached hydrogens (tertiary/aromatic N) is 3. The molecule has 0 saturated heterocycles. The summed E-state index contributed by atoms with van der Waals surface area (Å²) in [7, 11) is 1.40. The van der Waals surface area contributed by atoms with Crippen molar-refractivity contribution in [2.24, 2.45) is 7.05 Å². The minimum Gasteiger partial charge on any atom is -0.302 e. The van der Waals surface area contributed by atoms with Crippen molar-refractivity contribution in [2.75, 3.05) is 0 Å². The van der Waals surface area contributed by atoms with Crippen molar-refractivity contribution in [1.82, 2.24) is 14.1 Å². The number of pyridine rings is 1. The second kappa shape index (κ2) is 5.47. The van der Waals surface area contributed by atoms with Crippen LogP contribution in [0.3, 0.4) is 0 Å². The van der Waals surface area contributed by atoms with E-state index in [9.17, 15) is 22.8 Å². The Labute approximate surface area is 124 Å². The van der Waals surface area contributed by atoms with Crippen LogP contribution in [0.2, 0.25) is 0 Å². The molecule has 5 nitrogen and oxygen atoms in total. The van der Waals surface area contributed by atoms with Crippen LogP contribution in [-0.2, 0) is 19.8 Å². The van der Waals surface area contributed by atoms with E-state index >= 15 is 0 Å². The van der Waals surface area contributed by atoms with E-state index in [0.29, 0.717) is 0 Å². The van der Waals surface area contributed by atoms with Crippen LogP contribution in [0.5, 0.6) is 0 Å². The number of alkyl halides is 3.